The number of rotatable bonds is 3. The minimum atomic E-state index is -0.327. The van der Waals surface area contributed by atoms with E-state index in [9.17, 15) is 4.79 Å². The van der Waals surface area contributed by atoms with Crippen molar-refractivity contribution in [2.75, 3.05) is 7.11 Å². The minimum absolute atomic E-state index is 0.321. The Bertz CT molecular complexity index is 364. The highest BCUT2D eigenvalue weighted by Gasteiger charge is 2.12. The second kappa shape index (κ2) is 5.51. The molecule has 0 saturated carbocycles. The van der Waals surface area contributed by atoms with E-state index in [4.69, 9.17) is 9.47 Å². The van der Waals surface area contributed by atoms with Gasteiger partial charge in [0.25, 0.3) is 0 Å². The van der Waals surface area contributed by atoms with Crippen LogP contribution >= 0.6 is 31.9 Å². The van der Waals surface area contributed by atoms with E-state index in [0.717, 1.165) is 4.47 Å². The maximum Gasteiger partial charge on any atom is 0.324 e. The van der Waals surface area contributed by atoms with Crippen LogP contribution in [0, 0.1) is 0 Å². The fourth-order valence-electron chi connectivity index (χ4n) is 0.908. The summed E-state index contributed by atoms with van der Waals surface area (Å²) >= 11 is 6.44. The van der Waals surface area contributed by atoms with E-state index in [1.54, 1.807) is 32.2 Å². The van der Waals surface area contributed by atoms with Crippen molar-refractivity contribution in [2.24, 2.45) is 0 Å². The molecule has 0 fully saturated rings. The molecule has 0 bridgehead atoms. The zero-order valence-electron chi connectivity index (χ0n) is 8.29. The number of hydrogen-bond donors (Lipinski definition) is 0. The van der Waals surface area contributed by atoms with Gasteiger partial charge in [-0.1, -0.05) is 15.9 Å². The Labute approximate surface area is 105 Å². The number of esters is 1. The molecule has 0 N–H and O–H groups in total. The Kier molecular flexibility index (Phi) is 4.60. The highest BCUT2D eigenvalue weighted by atomic mass is 79.9. The predicted molar refractivity (Wildman–Crippen MR) is 64.7 cm³/mol. The fourth-order valence-corrected chi connectivity index (χ4v) is 1.52. The largest absolute Gasteiger partial charge is 0.496 e. The average molecular weight is 338 g/mol. The van der Waals surface area contributed by atoms with E-state index in [-0.39, 0.29) is 10.8 Å². The summed E-state index contributed by atoms with van der Waals surface area (Å²) < 4.78 is 10.9. The number of ether oxygens (including phenoxy) is 2. The normalized spacial score (nSPS) is 12.0. The molecule has 0 heterocycles. The van der Waals surface area contributed by atoms with Crippen molar-refractivity contribution in [3.63, 3.8) is 0 Å². The number of methoxy groups -OCH3 is 1. The lowest BCUT2D eigenvalue weighted by Gasteiger charge is -2.08. The summed E-state index contributed by atoms with van der Waals surface area (Å²) in [7, 11) is 1.58. The van der Waals surface area contributed by atoms with E-state index in [1.165, 1.54) is 0 Å². The van der Waals surface area contributed by atoms with E-state index >= 15 is 0 Å². The lowest BCUT2D eigenvalue weighted by molar-refractivity contribution is -0.133. The van der Waals surface area contributed by atoms with Gasteiger partial charge in [-0.25, -0.2) is 0 Å². The quantitative estimate of drug-likeness (QED) is 0.483. The van der Waals surface area contributed by atoms with Crippen LogP contribution in [0.5, 0.6) is 11.5 Å². The molecule has 0 aliphatic carbocycles. The zero-order chi connectivity index (χ0) is 11.4. The molecule has 0 aliphatic heterocycles. The number of benzene rings is 1. The molecule has 0 aromatic heterocycles. The Morgan fingerprint density at radius 2 is 2.13 bits per heavy atom. The molecule has 5 heteroatoms. The van der Waals surface area contributed by atoms with E-state index < -0.39 is 0 Å². The van der Waals surface area contributed by atoms with Gasteiger partial charge in [-0.3, -0.25) is 4.79 Å². The summed E-state index contributed by atoms with van der Waals surface area (Å²) in [6, 6.07) is 5.09. The summed E-state index contributed by atoms with van der Waals surface area (Å²) in [5.41, 5.74) is 0. The topological polar surface area (TPSA) is 35.5 Å². The van der Waals surface area contributed by atoms with Gasteiger partial charge in [0.1, 0.15) is 16.3 Å². The highest BCUT2D eigenvalue weighted by Crippen LogP contribution is 2.29. The third kappa shape index (κ3) is 3.50. The van der Waals surface area contributed by atoms with Crippen molar-refractivity contribution in [1.29, 1.82) is 0 Å². The number of alkyl halides is 1. The predicted octanol–water partition coefficient (Wildman–Crippen LogP) is 3.15. The number of hydrogen-bond acceptors (Lipinski definition) is 3. The smallest absolute Gasteiger partial charge is 0.324 e. The monoisotopic (exact) mass is 336 g/mol. The third-order valence-electron chi connectivity index (χ3n) is 1.67. The number of carbonyl (C=O) groups excluding carboxylic acids is 1. The molecular formula is C10H10Br2O3. The molecule has 82 valence electrons. The minimum Gasteiger partial charge on any atom is -0.496 e. The summed E-state index contributed by atoms with van der Waals surface area (Å²) in [5.74, 6) is 0.854. The van der Waals surface area contributed by atoms with E-state index in [2.05, 4.69) is 31.9 Å². The van der Waals surface area contributed by atoms with Crippen LogP contribution in [0.4, 0.5) is 0 Å². The standard InChI is InChI=1S/C10H10Br2O3/c1-6(11)10(13)15-7-3-4-9(14-2)8(12)5-7/h3-6H,1-2H3/t6-/m0/s1. The molecule has 0 saturated heterocycles. The van der Waals surface area contributed by atoms with Crippen LogP contribution < -0.4 is 9.47 Å². The fraction of sp³-hybridized carbons (Fsp3) is 0.300. The maximum absolute atomic E-state index is 11.3. The SMILES string of the molecule is COc1ccc(OC(=O)[C@H](C)Br)cc1Br. The van der Waals surface area contributed by atoms with Gasteiger partial charge in [-0.05, 0) is 41.1 Å². The Morgan fingerprint density at radius 1 is 1.47 bits per heavy atom. The molecule has 0 aliphatic rings. The van der Waals surface area contributed by atoms with E-state index in [1.807, 2.05) is 0 Å². The summed E-state index contributed by atoms with van der Waals surface area (Å²) in [6.45, 7) is 1.71. The van der Waals surface area contributed by atoms with Gasteiger partial charge in [0.2, 0.25) is 0 Å². The molecule has 3 nitrogen and oxygen atoms in total. The highest BCUT2D eigenvalue weighted by molar-refractivity contribution is 9.10. The molecule has 1 aromatic carbocycles. The van der Waals surface area contributed by atoms with Gasteiger partial charge in [0, 0.05) is 0 Å². The molecular weight excluding hydrogens is 328 g/mol. The summed E-state index contributed by atoms with van der Waals surface area (Å²) in [6.07, 6.45) is 0. The van der Waals surface area contributed by atoms with Gasteiger partial charge >= 0.3 is 5.97 Å². The molecule has 0 spiro atoms. The Balaban J connectivity index is 2.80. The first-order valence-electron chi connectivity index (χ1n) is 4.24. The van der Waals surface area contributed by atoms with Gasteiger partial charge in [0.05, 0.1) is 11.6 Å². The first kappa shape index (κ1) is 12.5. The summed E-state index contributed by atoms with van der Waals surface area (Å²) in [4.78, 5) is 10.9. The van der Waals surface area contributed by atoms with Crippen molar-refractivity contribution in [1.82, 2.24) is 0 Å². The molecule has 1 rings (SSSR count). The number of halogens is 2. The van der Waals surface area contributed by atoms with Gasteiger partial charge in [-0.15, -0.1) is 0 Å². The lowest BCUT2D eigenvalue weighted by Crippen LogP contribution is -2.16. The van der Waals surface area contributed by atoms with Crippen LogP contribution in [0.1, 0.15) is 6.92 Å². The van der Waals surface area contributed by atoms with Crippen LogP contribution in [-0.4, -0.2) is 17.9 Å². The van der Waals surface area contributed by atoms with Crippen LogP contribution in [-0.2, 0) is 4.79 Å². The van der Waals surface area contributed by atoms with Crippen molar-refractivity contribution >= 4 is 37.8 Å². The Hall–Kier alpha value is -0.550. The molecule has 15 heavy (non-hydrogen) atoms. The van der Waals surface area contributed by atoms with Crippen molar-refractivity contribution in [3.05, 3.63) is 22.7 Å². The second-order valence-electron chi connectivity index (χ2n) is 2.83. The van der Waals surface area contributed by atoms with Gasteiger partial charge in [-0.2, -0.15) is 0 Å². The van der Waals surface area contributed by atoms with Crippen LogP contribution in [0.15, 0.2) is 22.7 Å². The molecule has 1 atom stereocenters. The Morgan fingerprint density at radius 3 is 2.60 bits per heavy atom. The zero-order valence-corrected chi connectivity index (χ0v) is 11.5. The van der Waals surface area contributed by atoms with Crippen molar-refractivity contribution in [3.8, 4) is 11.5 Å². The molecule has 0 unspecified atom stereocenters. The molecule has 0 radical (unpaired) electrons. The maximum atomic E-state index is 11.3. The average Bonchev–Trinajstić information content (AvgIpc) is 2.18. The van der Waals surface area contributed by atoms with Crippen LogP contribution in [0.2, 0.25) is 0 Å². The molecule has 1 aromatic rings. The second-order valence-corrected chi connectivity index (χ2v) is 5.06. The summed E-state index contributed by atoms with van der Waals surface area (Å²) in [5, 5.41) is 0. The van der Waals surface area contributed by atoms with Gasteiger partial charge in [0.15, 0.2) is 0 Å². The first-order chi connectivity index (χ1) is 7.04. The van der Waals surface area contributed by atoms with E-state index in [0.29, 0.717) is 11.5 Å². The van der Waals surface area contributed by atoms with Crippen molar-refractivity contribution in [2.45, 2.75) is 11.8 Å². The van der Waals surface area contributed by atoms with Gasteiger partial charge < -0.3 is 9.47 Å². The third-order valence-corrected chi connectivity index (χ3v) is 2.66. The van der Waals surface area contributed by atoms with Crippen molar-refractivity contribution < 1.29 is 14.3 Å². The first-order valence-corrected chi connectivity index (χ1v) is 5.94. The van der Waals surface area contributed by atoms with Crippen LogP contribution in [0.25, 0.3) is 0 Å². The van der Waals surface area contributed by atoms with Crippen LogP contribution in [0.3, 0.4) is 0 Å². The lowest BCUT2D eigenvalue weighted by atomic mass is 10.3. The number of carbonyl (C=O) groups is 1. The molecule has 0 amide bonds.